The number of hydrogen-bond donors (Lipinski definition) is 0. The largest absolute Gasteiger partial charge is 0.192 e. The third-order valence-electron chi connectivity index (χ3n) is 2.45. The molecule has 0 spiro atoms. The van der Waals surface area contributed by atoms with Gasteiger partial charge in [0.2, 0.25) is 0 Å². The second kappa shape index (κ2) is 4.83. The molecule has 0 bridgehead atoms. The maximum Gasteiger partial charge on any atom is 0.0994 e. The molecule has 2 heteroatoms. The lowest BCUT2D eigenvalue weighted by Gasteiger charge is -2.03. The van der Waals surface area contributed by atoms with Crippen molar-refractivity contribution in [2.75, 3.05) is 0 Å². The summed E-state index contributed by atoms with van der Waals surface area (Å²) in [5.74, 6) is 0. The van der Waals surface area contributed by atoms with E-state index in [1.165, 1.54) is 0 Å². The average Bonchev–Trinajstić information content (AvgIpc) is 2.33. The van der Waals surface area contributed by atoms with Crippen molar-refractivity contribution in [3.63, 3.8) is 0 Å². The van der Waals surface area contributed by atoms with Gasteiger partial charge < -0.3 is 0 Å². The summed E-state index contributed by atoms with van der Waals surface area (Å²) in [6.45, 7) is 0. The van der Waals surface area contributed by atoms with Crippen LogP contribution in [0.15, 0.2) is 48.5 Å². The molecule has 16 heavy (non-hydrogen) atoms. The van der Waals surface area contributed by atoms with Crippen molar-refractivity contribution in [1.29, 1.82) is 5.26 Å². The summed E-state index contributed by atoms with van der Waals surface area (Å²) in [5, 5.41) is 9.70. The summed E-state index contributed by atoms with van der Waals surface area (Å²) < 4.78 is 0. The molecule has 0 unspecified atom stereocenters. The molecule has 0 amide bonds. The summed E-state index contributed by atoms with van der Waals surface area (Å²) in [5.41, 5.74) is 2.94. The molecule has 0 aliphatic heterocycles. The first-order chi connectivity index (χ1) is 7.79. The molecule has 78 valence electrons. The first-order valence-corrected chi connectivity index (χ1v) is 5.40. The highest BCUT2D eigenvalue weighted by Gasteiger charge is 2.01. The Hall–Kier alpha value is -1.78. The average molecular weight is 228 g/mol. The molecule has 2 aromatic carbocycles. The molecule has 0 radical (unpaired) electrons. The highest BCUT2D eigenvalue weighted by molar-refractivity contribution is 6.30. The minimum absolute atomic E-state index is 0.734. The van der Waals surface area contributed by atoms with Gasteiger partial charge in [0.15, 0.2) is 0 Å². The second-order valence-corrected chi connectivity index (χ2v) is 4.01. The summed E-state index contributed by atoms with van der Waals surface area (Å²) in [6.07, 6.45) is 0.765. The molecule has 0 aromatic heterocycles. The van der Waals surface area contributed by atoms with Gasteiger partial charge in [-0.1, -0.05) is 41.9 Å². The molecule has 0 fully saturated rings. The van der Waals surface area contributed by atoms with Crippen LogP contribution < -0.4 is 0 Å². The van der Waals surface area contributed by atoms with E-state index in [0.29, 0.717) is 0 Å². The lowest BCUT2D eigenvalue weighted by molar-refractivity contribution is 1.18. The van der Waals surface area contributed by atoms with Crippen LogP contribution in [0.4, 0.5) is 0 Å². The minimum atomic E-state index is 0.734. The molecule has 0 heterocycles. The zero-order valence-electron chi connectivity index (χ0n) is 8.65. The Kier molecular flexibility index (Phi) is 3.24. The van der Waals surface area contributed by atoms with Gasteiger partial charge in [-0.2, -0.15) is 5.26 Å². The fourth-order valence-corrected chi connectivity index (χ4v) is 1.73. The second-order valence-electron chi connectivity index (χ2n) is 3.57. The van der Waals surface area contributed by atoms with Crippen LogP contribution in [0, 0.1) is 11.3 Å². The van der Waals surface area contributed by atoms with Gasteiger partial charge in [-0.05, 0) is 35.7 Å². The highest BCUT2D eigenvalue weighted by Crippen LogP contribution is 2.15. The van der Waals surface area contributed by atoms with Crippen LogP contribution in [0.5, 0.6) is 0 Å². The first kappa shape index (κ1) is 10.7. The van der Waals surface area contributed by atoms with Gasteiger partial charge in [0.1, 0.15) is 0 Å². The maximum absolute atomic E-state index is 8.97. The Morgan fingerprint density at radius 3 is 2.38 bits per heavy atom. The quantitative estimate of drug-likeness (QED) is 0.766. The topological polar surface area (TPSA) is 23.8 Å². The van der Waals surface area contributed by atoms with Crippen LogP contribution in [0.3, 0.4) is 0 Å². The number of hydrogen-bond acceptors (Lipinski definition) is 1. The summed E-state index contributed by atoms with van der Waals surface area (Å²) in [4.78, 5) is 0. The third kappa shape index (κ3) is 2.42. The normalized spacial score (nSPS) is 9.75. The highest BCUT2D eigenvalue weighted by atomic mass is 35.5. The Morgan fingerprint density at radius 1 is 1.00 bits per heavy atom. The smallest absolute Gasteiger partial charge is 0.0994 e. The first-order valence-electron chi connectivity index (χ1n) is 5.02. The van der Waals surface area contributed by atoms with Crippen LogP contribution in [0.25, 0.3) is 0 Å². The maximum atomic E-state index is 8.97. The van der Waals surface area contributed by atoms with Crippen LogP contribution in [-0.2, 0) is 6.42 Å². The standard InChI is InChI=1S/C14H10ClN/c15-14-7-5-11(6-8-14)9-12-3-1-2-4-13(12)10-16/h1-8H,9H2. The molecule has 0 aliphatic carbocycles. The molecule has 2 aromatic rings. The molecular weight excluding hydrogens is 218 g/mol. The van der Waals surface area contributed by atoms with E-state index < -0.39 is 0 Å². The van der Waals surface area contributed by atoms with E-state index in [4.69, 9.17) is 16.9 Å². The third-order valence-corrected chi connectivity index (χ3v) is 2.70. The fourth-order valence-electron chi connectivity index (χ4n) is 1.61. The summed E-state index contributed by atoms with van der Waals surface area (Å²) in [7, 11) is 0. The van der Waals surface area contributed by atoms with Crippen LogP contribution >= 0.6 is 11.6 Å². The lowest BCUT2D eigenvalue weighted by atomic mass is 10.0. The SMILES string of the molecule is N#Cc1ccccc1Cc1ccc(Cl)cc1. The van der Waals surface area contributed by atoms with E-state index in [0.717, 1.165) is 28.1 Å². The van der Waals surface area contributed by atoms with E-state index in [1.54, 1.807) is 0 Å². The van der Waals surface area contributed by atoms with Gasteiger partial charge >= 0.3 is 0 Å². The van der Waals surface area contributed by atoms with E-state index >= 15 is 0 Å². The van der Waals surface area contributed by atoms with Gasteiger partial charge in [0.25, 0.3) is 0 Å². The molecule has 0 saturated heterocycles. The minimum Gasteiger partial charge on any atom is -0.192 e. The van der Waals surface area contributed by atoms with Crippen molar-refractivity contribution in [2.45, 2.75) is 6.42 Å². The molecule has 0 atom stereocenters. The Bertz CT molecular complexity index is 523. The summed E-state index contributed by atoms with van der Waals surface area (Å²) >= 11 is 5.82. The van der Waals surface area contributed by atoms with Crippen LogP contribution in [0.2, 0.25) is 5.02 Å². The van der Waals surface area contributed by atoms with Crippen molar-refractivity contribution < 1.29 is 0 Å². The molecule has 0 saturated carbocycles. The van der Waals surface area contributed by atoms with E-state index in [-0.39, 0.29) is 0 Å². The van der Waals surface area contributed by atoms with Gasteiger partial charge in [-0.3, -0.25) is 0 Å². The lowest BCUT2D eigenvalue weighted by Crippen LogP contribution is -1.91. The fraction of sp³-hybridized carbons (Fsp3) is 0.0714. The Balaban J connectivity index is 2.27. The zero-order valence-corrected chi connectivity index (χ0v) is 9.41. The Labute approximate surface area is 99.9 Å². The number of nitriles is 1. The van der Waals surface area contributed by atoms with Crippen molar-refractivity contribution in [3.8, 4) is 6.07 Å². The predicted molar refractivity (Wildman–Crippen MR) is 65.4 cm³/mol. The van der Waals surface area contributed by atoms with Crippen LogP contribution in [0.1, 0.15) is 16.7 Å². The van der Waals surface area contributed by atoms with Crippen molar-refractivity contribution in [3.05, 3.63) is 70.2 Å². The molecule has 0 aliphatic rings. The number of nitrogens with zero attached hydrogens (tertiary/aromatic N) is 1. The summed E-state index contributed by atoms with van der Waals surface area (Å²) in [6, 6.07) is 17.5. The van der Waals surface area contributed by atoms with Crippen molar-refractivity contribution >= 4 is 11.6 Å². The predicted octanol–water partition coefficient (Wildman–Crippen LogP) is 3.80. The molecule has 1 nitrogen and oxygen atoms in total. The molecule has 0 N–H and O–H groups in total. The van der Waals surface area contributed by atoms with Gasteiger partial charge in [0.05, 0.1) is 11.6 Å². The number of rotatable bonds is 2. The van der Waals surface area contributed by atoms with Crippen LogP contribution in [-0.4, -0.2) is 0 Å². The Morgan fingerprint density at radius 2 is 1.69 bits per heavy atom. The van der Waals surface area contributed by atoms with Crippen molar-refractivity contribution in [1.82, 2.24) is 0 Å². The van der Waals surface area contributed by atoms with Gasteiger partial charge in [-0.25, -0.2) is 0 Å². The van der Waals surface area contributed by atoms with E-state index in [2.05, 4.69) is 6.07 Å². The van der Waals surface area contributed by atoms with Gasteiger partial charge in [0, 0.05) is 5.02 Å². The number of halogens is 1. The monoisotopic (exact) mass is 227 g/mol. The number of benzene rings is 2. The van der Waals surface area contributed by atoms with E-state index in [9.17, 15) is 0 Å². The van der Waals surface area contributed by atoms with Gasteiger partial charge in [-0.15, -0.1) is 0 Å². The van der Waals surface area contributed by atoms with E-state index in [1.807, 2.05) is 48.5 Å². The molecule has 2 rings (SSSR count). The van der Waals surface area contributed by atoms with Crippen molar-refractivity contribution in [2.24, 2.45) is 0 Å². The molecular formula is C14H10ClN. The zero-order chi connectivity index (χ0) is 11.4.